The molecule has 0 aliphatic heterocycles. The minimum absolute atomic E-state index is 0.229. The lowest BCUT2D eigenvalue weighted by molar-refractivity contribution is 0.0521. The van der Waals surface area contributed by atoms with Gasteiger partial charge >= 0.3 is 6.09 Å². The average Bonchev–Trinajstić information content (AvgIpc) is 2.92. The van der Waals surface area contributed by atoms with E-state index in [1.54, 1.807) is 0 Å². The number of nitrogens with zero attached hydrogens (tertiary/aromatic N) is 2. The summed E-state index contributed by atoms with van der Waals surface area (Å²) in [5.74, 6) is 0. The van der Waals surface area contributed by atoms with Gasteiger partial charge in [0.15, 0.2) is 0 Å². The Kier molecular flexibility index (Phi) is 8.09. The van der Waals surface area contributed by atoms with Crippen LogP contribution in [0.25, 0.3) is 0 Å². The third kappa shape index (κ3) is 8.59. The van der Waals surface area contributed by atoms with Gasteiger partial charge in [0.1, 0.15) is 5.60 Å². The smallest absolute Gasteiger partial charge is 0.407 e. The Balaban J connectivity index is 2.43. The van der Waals surface area contributed by atoms with Crippen LogP contribution in [0, 0.1) is 0 Å². The average molecular weight is 324 g/mol. The quantitative estimate of drug-likeness (QED) is 0.732. The molecule has 1 amide bonds. The van der Waals surface area contributed by atoms with Gasteiger partial charge < -0.3 is 15.4 Å². The number of rotatable bonds is 9. The standard InChI is InChI=1S/C17H32N4O2/c1-6-8-9-15(12-19-16(22)23-17(3,4)5)18-10-14-11-20-21(7-2)13-14/h11,13,15,18H,6-10,12H2,1-5H3,(H,19,22). The summed E-state index contributed by atoms with van der Waals surface area (Å²) in [7, 11) is 0. The van der Waals surface area contributed by atoms with E-state index in [1.165, 1.54) is 0 Å². The van der Waals surface area contributed by atoms with Crippen molar-refractivity contribution in [1.29, 1.82) is 0 Å². The lowest BCUT2D eigenvalue weighted by Crippen LogP contribution is -2.42. The predicted molar refractivity (Wildman–Crippen MR) is 92.3 cm³/mol. The summed E-state index contributed by atoms with van der Waals surface area (Å²) >= 11 is 0. The number of unbranched alkanes of at least 4 members (excludes halogenated alkanes) is 1. The van der Waals surface area contributed by atoms with E-state index in [0.717, 1.165) is 37.9 Å². The second kappa shape index (κ2) is 9.55. The summed E-state index contributed by atoms with van der Waals surface area (Å²) in [4.78, 5) is 11.8. The van der Waals surface area contributed by atoms with Gasteiger partial charge in [-0.1, -0.05) is 19.8 Å². The zero-order chi connectivity index (χ0) is 17.3. The van der Waals surface area contributed by atoms with Crippen LogP contribution >= 0.6 is 0 Å². The van der Waals surface area contributed by atoms with Gasteiger partial charge in [0.05, 0.1) is 6.20 Å². The maximum atomic E-state index is 11.8. The van der Waals surface area contributed by atoms with Crippen LogP contribution in [0.2, 0.25) is 0 Å². The van der Waals surface area contributed by atoms with Crippen LogP contribution in [0.3, 0.4) is 0 Å². The third-order valence-corrected chi connectivity index (χ3v) is 3.40. The Bertz CT molecular complexity index is 465. The zero-order valence-corrected chi connectivity index (χ0v) is 15.2. The van der Waals surface area contributed by atoms with Crippen molar-refractivity contribution in [3.63, 3.8) is 0 Å². The Labute approximate surface area is 140 Å². The van der Waals surface area contributed by atoms with Gasteiger partial charge in [-0.2, -0.15) is 5.10 Å². The summed E-state index contributed by atoms with van der Waals surface area (Å²) in [6.45, 7) is 12.0. The Morgan fingerprint density at radius 3 is 2.70 bits per heavy atom. The molecule has 1 aromatic rings. The first-order valence-corrected chi connectivity index (χ1v) is 8.55. The fourth-order valence-corrected chi connectivity index (χ4v) is 2.18. The molecule has 1 unspecified atom stereocenters. The molecule has 0 aromatic carbocycles. The van der Waals surface area contributed by atoms with Gasteiger partial charge in [-0.05, 0) is 34.1 Å². The number of nitrogens with one attached hydrogen (secondary N) is 2. The number of alkyl carbamates (subject to hydrolysis) is 1. The van der Waals surface area contributed by atoms with E-state index in [0.29, 0.717) is 6.54 Å². The van der Waals surface area contributed by atoms with E-state index < -0.39 is 5.60 Å². The van der Waals surface area contributed by atoms with Crippen molar-refractivity contribution in [3.8, 4) is 0 Å². The molecule has 2 N–H and O–H groups in total. The van der Waals surface area contributed by atoms with Crippen LogP contribution in [-0.4, -0.2) is 34.1 Å². The molecule has 0 radical (unpaired) electrons. The molecular formula is C17H32N4O2. The second-order valence-electron chi connectivity index (χ2n) is 6.81. The number of amides is 1. The zero-order valence-electron chi connectivity index (χ0n) is 15.2. The molecule has 0 aliphatic rings. The Morgan fingerprint density at radius 1 is 1.39 bits per heavy atom. The molecule has 6 heteroatoms. The normalized spacial score (nSPS) is 12.9. The van der Waals surface area contributed by atoms with Crippen molar-refractivity contribution < 1.29 is 9.53 Å². The predicted octanol–water partition coefficient (Wildman–Crippen LogP) is 3.08. The van der Waals surface area contributed by atoms with Crippen molar-refractivity contribution in [1.82, 2.24) is 20.4 Å². The number of carbonyl (C=O) groups is 1. The van der Waals surface area contributed by atoms with Gasteiger partial charge in [0, 0.05) is 37.4 Å². The Morgan fingerprint density at radius 2 is 2.13 bits per heavy atom. The fourth-order valence-electron chi connectivity index (χ4n) is 2.18. The second-order valence-corrected chi connectivity index (χ2v) is 6.81. The minimum atomic E-state index is -0.467. The maximum Gasteiger partial charge on any atom is 0.407 e. The molecule has 0 spiro atoms. The number of hydrogen-bond donors (Lipinski definition) is 2. The number of aromatic nitrogens is 2. The lowest BCUT2D eigenvalue weighted by Gasteiger charge is -2.22. The molecule has 23 heavy (non-hydrogen) atoms. The number of ether oxygens (including phenoxy) is 1. The van der Waals surface area contributed by atoms with Gasteiger partial charge in [0.25, 0.3) is 0 Å². The van der Waals surface area contributed by atoms with Crippen molar-refractivity contribution in [2.75, 3.05) is 6.54 Å². The summed E-state index contributed by atoms with van der Waals surface area (Å²) in [6, 6.07) is 0.229. The highest BCUT2D eigenvalue weighted by molar-refractivity contribution is 5.67. The van der Waals surface area contributed by atoms with E-state index in [4.69, 9.17) is 4.74 Å². The van der Waals surface area contributed by atoms with Crippen LogP contribution < -0.4 is 10.6 Å². The molecule has 1 atom stereocenters. The SMILES string of the molecule is CCCCC(CNC(=O)OC(C)(C)C)NCc1cnn(CC)c1. The van der Waals surface area contributed by atoms with Crippen LogP contribution in [-0.2, 0) is 17.8 Å². The molecule has 1 aromatic heterocycles. The van der Waals surface area contributed by atoms with E-state index in [-0.39, 0.29) is 12.1 Å². The lowest BCUT2D eigenvalue weighted by atomic mass is 10.1. The number of hydrogen-bond acceptors (Lipinski definition) is 4. The first kappa shape index (κ1) is 19.5. The number of aryl methyl sites for hydroxylation is 1. The molecule has 1 heterocycles. The maximum absolute atomic E-state index is 11.8. The molecule has 0 saturated carbocycles. The van der Waals surface area contributed by atoms with Gasteiger partial charge in [-0.3, -0.25) is 4.68 Å². The molecule has 1 rings (SSSR count). The molecule has 0 bridgehead atoms. The van der Waals surface area contributed by atoms with Crippen LogP contribution in [0.5, 0.6) is 0 Å². The summed E-state index contributed by atoms with van der Waals surface area (Å²) in [5.41, 5.74) is 0.691. The molecule has 0 aliphatic carbocycles. The van der Waals surface area contributed by atoms with Crippen molar-refractivity contribution in [2.45, 2.75) is 78.6 Å². The highest BCUT2D eigenvalue weighted by Crippen LogP contribution is 2.07. The minimum Gasteiger partial charge on any atom is -0.444 e. The van der Waals surface area contributed by atoms with Crippen LogP contribution in [0.1, 0.15) is 59.4 Å². The molecule has 0 saturated heterocycles. The van der Waals surface area contributed by atoms with Crippen molar-refractivity contribution in [3.05, 3.63) is 18.0 Å². The van der Waals surface area contributed by atoms with Crippen molar-refractivity contribution in [2.24, 2.45) is 0 Å². The highest BCUT2D eigenvalue weighted by Gasteiger charge is 2.17. The van der Waals surface area contributed by atoms with Crippen molar-refractivity contribution >= 4 is 6.09 Å². The first-order valence-electron chi connectivity index (χ1n) is 8.55. The van der Waals surface area contributed by atoms with Gasteiger partial charge in [-0.25, -0.2) is 4.79 Å². The largest absolute Gasteiger partial charge is 0.444 e. The monoisotopic (exact) mass is 324 g/mol. The topological polar surface area (TPSA) is 68.2 Å². The fraction of sp³-hybridized carbons (Fsp3) is 0.765. The van der Waals surface area contributed by atoms with Crippen LogP contribution in [0.4, 0.5) is 4.79 Å². The van der Waals surface area contributed by atoms with E-state index in [1.807, 2.05) is 37.8 Å². The summed E-state index contributed by atoms with van der Waals surface area (Å²) in [6.07, 6.45) is 6.86. The summed E-state index contributed by atoms with van der Waals surface area (Å²) < 4.78 is 7.20. The molecule has 0 fully saturated rings. The molecular weight excluding hydrogens is 292 g/mol. The molecule has 6 nitrogen and oxygen atoms in total. The highest BCUT2D eigenvalue weighted by atomic mass is 16.6. The Hall–Kier alpha value is -1.56. The first-order chi connectivity index (χ1) is 10.8. The third-order valence-electron chi connectivity index (χ3n) is 3.40. The van der Waals surface area contributed by atoms with Crippen LogP contribution in [0.15, 0.2) is 12.4 Å². The van der Waals surface area contributed by atoms with E-state index >= 15 is 0 Å². The van der Waals surface area contributed by atoms with Gasteiger partial charge in [-0.15, -0.1) is 0 Å². The summed E-state index contributed by atoms with van der Waals surface area (Å²) in [5, 5.41) is 10.6. The van der Waals surface area contributed by atoms with Gasteiger partial charge in [0.2, 0.25) is 0 Å². The van der Waals surface area contributed by atoms with E-state index in [2.05, 4.69) is 29.6 Å². The molecule has 132 valence electrons. The van der Waals surface area contributed by atoms with E-state index in [9.17, 15) is 4.79 Å². The number of carbonyl (C=O) groups excluding carboxylic acids is 1.